The van der Waals surface area contributed by atoms with E-state index in [-0.39, 0.29) is 6.04 Å². The van der Waals surface area contributed by atoms with Crippen LogP contribution in [0.3, 0.4) is 0 Å². The molecule has 0 spiro atoms. The molecular weight excluding hydrogens is 224 g/mol. The van der Waals surface area contributed by atoms with Crippen molar-refractivity contribution in [3.8, 4) is 0 Å². The fourth-order valence-corrected chi connectivity index (χ4v) is 3.51. The molecule has 3 saturated heterocycles. The Bertz CT molecular complexity index is 431. The van der Waals surface area contributed by atoms with Crippen LogP contribution in [0.1, 0.15) is 25.5 Å². The van der Waals surface area contributed by atoms with Crippen molar-refractivity contribution in [3.63, 3.8) is 0 Å². The second-order valence-corrected chi connectivity index (χ2v) is 5.50. The quantitative estimate of drug-likeness (QED) is 0.814. The van der Waals surface area contributed by atoms with Gasteiger partial charge in [-0.05, 0) is 31.0 Å². The number of carbonyl (C=O) groups excluding carboxylic acids is 1. The van der Waals surface area contributed by atoms with Crippen LogP contribution in [0, 0.1) is 11.8 Å². The number of fused-ring (bicyclic) bond motifs is 3. The molecule has 3 fully saturated rings. The molecule has 1 aromatic heterocycles. The van der Waals surface area contributed by atoms with Gasteiger partial charge in [-0.2, -0.15) is 0 Å². The van der Waals surface area contributed by atoms with E-state index in [9.17, 15) is 4.79 Å². The number of carbonyl (C=O) groups is 1. The Morgan fingerprint density at radius 3 is 3.00 bits per heavy atom. The summed E-state index contributed by atoms with van der Waals surface area (Å²) in [7, 11) is 0. The van der Waals surface area contributed by atoms with Gasteiger partial charge in [0, 0.05) is 30.8 Å². The second kappa shape index (κ2) is 4.81. The minimum atomic E-state index is 0.0847. The predicted octanol–water partition coefficient (Wildman–Crippen LogP) is 1.92. The molecule has 0 saturated carbocycles. The summed E-state index contributed by atoms with van der Waals surface area (Å²) < 4.78 is 0. The van der Waals surface area contributed by atoms with Gasteiger partial charge in [-0.15, -0.1) is 0 Å². The van der Waals surface area contributed by atoms with Crippen LogP contribution >= 0.6 is 0 Å². The van der Waals surface area contributed by atoms with Crippen LogP contribution in [0.25, 0.3) is 0 Å². The lowest BCUT2D eigenvalue weighted by Gasteiger charge is -2.48. The molecule has 3 aliphatic heterocycles. The first-order valence-electron chi connectivity index (χ1n) is 6.97. The molecule has 0 aromatic carbocycles. The maximum absolute atomic E-state index is 12.5. The molecule has 4 rings (SSSR count). The molecule has 3 nitrogen and oxygen atoms in total. The van der Waals surface area contributed by atoms with Crippen LogP contribution in [0.2, 0.25) is 0 Å². The molecule has 0 radical (unpaired) electrons. The summed E-state index contributed by atoms with van der Waals surface area (Å²) in [6, 6.07) is 6.03. The summed E-state index contributed by atoms with van der Waals surface area (Å²) in [5.41, 5.74) is 1.04. The van der Waals surface area contributed by atoms with E-state index in [1.165, 1.54) is 0 Å². The van der Waals surface area contributed by atoms with Crippen molar-refractivity contribution in [2.24, 2.45) is 11.8 Å². The zero-order valence-electron chi connectivity index (χ0n) is 10.9. The van der Waals surface area contributed by atoms with Gasteiger partial charge in [-0.1, -0.05) is 19.4 Å². The van der Waals surface area contributed by atoms with E-state index in [0.29, 0.717) is 17.6 Å². The van der Waals surface area contributed by atoms with Gasteiger partial charge in [0.1, 0.15) is 0 Å². The molecule has 18 heavy (non-hydrogen) atoms. The van der Waals surface area contributed by atoms with Crippen LogP contribution in [-0.4, -0.2) is 34.8 Å². The number of hydrogen-bond acceptors (Lipinski definition) is 3. The van der Waals surface area contributed by atoms with E-state index < -0.39 is 0 Å². The molecule has 0 aliphatic carbocycles. The molecule has 3 aliphatic rings. The van der Waals surface area contributed by atoms with E-state index in [0.717, 1.165) is 38.0 Å². The molecule has 4 unspecified atom stereocenters. The number of piperidine rings is 3. The van der Waals surface area contributed by atoms with Gasteiger partial charge in [-0.25, -0.2) is 0 Å². The number of ketones is 1. The van der Waals surface area contributed by atoms with E-state index in [4.69, 9.17) is 0 Å². The van der Waals surface area contributed by atoms with Gasteiger partial charge in [0.2, 0.25) is 0 Å². The number of rotatable bonds is 3. The average Bonchev–Trinajstić information content (AvgIpc) is 2.43. The Hall–Kier alpha value is -1.22. The number of Topliss-reactive ketones (excluding diaryl/α,β-unsaturated/α-hetero) is 1. The highest BCUT2D eigenvalue weighted by atomic mass is 16.1. The van der Waals surface area contributed by atoms with Gasteiger partial charge in [-0.3, -0.25) is 14.7 Å². The normalized spacial score (nSPS) is 34.8. The van der Waals surface area contributed by atoms with Crippen molar-refractivity contribution >= 4 is 5.78 Å². The van der Waals surface area contributed by atoms with Crippen molar-refractivity contribution in [2.75, 3.05) is 13.1 Å². The first kappa shape index (κ1) is 11.8. The monoisotopic (exact) mass is 244 g/mol. The Labute approximate surface area is 108 Å². The SMILES string of the molecule is CCC1CN2CCC1C(=O)C2Cc1ccccn1. The molecule has 0 amide bonds. The van der Waals surface area contributed by atoms with Gasteiger partial charge in [0.15, 0.2) is 5.78 Å². The fourth-order valence-electron chi connectivity index (χ4n) is 3.51. The van der Waals surface area contributed by atoms with Crippen LogP contribution in [0.5, 0.6) is 0 Å². The van der Waals surface area contributed by atoms with Crippen LogP contribution in [0.15, 0.2) is 24.4 Å². The first-order chi connectivity index (χ1) is 8.79. The summed E-state index contributed by atoms with van der Waals surface area (Å²) in [4.78, 5) is 19.2. The summed E-state index contributed by atoms with van der Waals surface area (Å²) in [6.45, 7) is 4.39. The zero-order valence-corrected chi connectivity index (χ0v) is 10.9. The lowest BCUT2D eigenvalue weighted by molar-refractivity contribution is -0.141. The van der Waals surface area contributed by atoms with Crippen LogP contribution in [0.4, 0.5) is 0 Å². The topological polar surface area (TPSA) is 33.2 Å². The Kier molecular flexibility index (Phi) is 3.16. The third kappa shape index (κ3) is 1.97. The highest BCUT2D eigenvalue weighted by molar-refractivity contribution is 5.88. The number of hydrogen-bond donors (Lipinski definition) is 0. The molecule has 3 heteroatoms. The molecule has 1 aromatic rings. The lowest BCUT2D eigenvalue weighted by Crippen LogP contribution is -2.60. The van der Waals surface area contributed by atoms with Crippen molar-refractivity contribution in [1.29, 1.82) is 0 Å². The number of aromatic nitrogens is 1. The molecule has 4 atom stereocenters. The average molecular weight is 244 g/mol. The highest BCUT2D eigenvalue weighted by Crippen LogP contribution is 2.36. The van der Waals surface area contributed by atoms with Crippen LogP contribution in [-0.2, 0) is 11.2 Å². The van der Waals surface area contributed by atoms with Crippen molar-refractivity contribution < 1.29 is 4.79 Å². The maximum Gasteiger partial charge on any atom is 0.153 e. The minimum absolute atomic E-state index is 0.0847. The lowest BCUT2D eigenvalue weighted by atomic mass is 9.72. The van der Waals surface area contributed by atoms with Gasteiger partial charge in [0.05, 0.1) is 6.04 Å². The first-order valence-corrected chi connectivity index (χ1v) is 6.97. The standard InChI is InChI=1S/C15H20N2O/c1-2-11-10-17-8-6-13(11)15(18)14(17)9-12-5-3-4-7-16-12/h3-5,7,11,13-14H,2,6,8-10H2,1H3. The fraction of sp³-hybridized carbons (Fsp3) is 0.600. The zero-order chi connectivity index (χ0) is 12.5. The van der Waals surface area contributed by atoms with Crippen molar-refractivity contribution in [3.05, 3.63) is 30.1 Å². The van der Waals surface area contributed by atoms with Crippen molar-refractivity contribution in [1.82, 2.24) is 9.88 Å². The van der Waals surface area contributed by atoms with Gasteiger partial charge < -0.3 is 0 Å². The summed E-state index contributed by atoms with van der Waals surface area (Å²) in [6.07, 6.45) is 4.79. The Morgan fingerprint density at radius 1 is 1.44 bits per heavy atom. The third-order valence-corrected chi connectivity index (χ3v) is 4.55. The number of nitrogens with zero attached hydrogens (tertiary/aromatic N) is 2. The minimum Gasteiger partial charge on any atom is -0.298 e. The van der Waals surface area contributed by atoms with E-state index in [1.54, 1.807) is 0 Å². The molecule has 0 N–H and O–H groups in total. The predicted molar refractivity (Wildman–Crippen MR) is 70.2 cm³/mol. The maximum atomic E-state index is 12.5. The summed E-state index contributed by atoms with van der Waals surface area (Å²) >= 11 is 0. The van der Waals surface area contributed by atoms with E-state index >= 15 is 0 Å². The van der Waals surface area contributed by atoms with Gasteiger partial charge in [0.25, 0.3) is 0 Å². The molecular formula is C15H20N2O. The van der Waals surface area contributed by atoms with E-state index in [1.807, 2.05) is 24.4 Å². The molecule has 4 heterocycles. The van der Waals surface area contributed by atoms with Gasteiger partial charge >= 0.3 is 0 Å². The van der Waals surface area contributed by atoms with Crippen molar-refractivity contribution in [2.45, 2.75) is 32.2 Å². The van der Waals surface area contributed by atoms with Crippen LogP contribution < -0.4 is 0 Å². The molecule has 2 bridgehead atoms. The van der Waals surface area contributed by atoms with E-state index in [2.05, 4.69) is 16.8 Å². The highest BCUT2D eigenvalue weighted by Gasteiger charge is 2.45. The second-order valence-electron chi connectivity index (χ2n) is 5.50. The number of pyridine rings is 1. The Morgan fingerprint density at radius 2 is 2.33 bits per heavy atom. The third-order valence-electron chi connectivity index (χ3n) is 4.55. The largest absolute Gasteiger partial charge is 0.298 e. The molecule has 96 valence electrons. The smallest absolute Gasteiger partial charge is 0.153 e. The summed E-state index contributed by atoms with van der Waals surface area (Å²) in [5, 5.41) is 0. The Balaban J connectivity index is 1.77. The summed E-state index contributed by atoms with van der Waals surface area (Å²) in [5.74, 6) is 1.37.